The van der Waals surface area contributed by atoms with E-state index in [0.29, 0.717) is 23.7 Å². The summed E-state index contributed by atoms with van der Waals surface area (Å²) in [5, 5.41) is 20.2. The molecule has 34 heavy (non-hydrogen) atoms. The number of hydrogen-bond donors (Lipinski definition) is 2. The van der Waals surface area contributed by atoms with Gasteiger partial charge in [-0.3, -0.25) is 4.79 Å². The fraction of sp³-hybridized carbons (Fsp3) is 0.900. The topological polar surface area (TPSA) is 66.8 Å². The smallest absolute Gasteiger partial charge is 0.303 e. The lowest BCUT2D eigenvalue weighted by Crippen LogP contribution is -2.60. The number of allylic oxidation sites excluding steroid dienone is 1. The van der Waals surface area contributed by atoms with Crippen molar-refractivity contribution < 1.29 is 19.7 Å². The van der Waals surface area contributed by atoms with Gasteiger partial charge in [-0.25, -0.2) is 0 Å². The van der Waals surface area contributed by atoms with Gasteiger partial charge in [-0.15, -0.1) is 0 Å². The van der Waals surface area contributed by atoms with Crippen LogP contribution in [0.3, 0.4) is 0 Å². The molecule has 3 saturated carbocycles. The standard InChI is InChI=1S/C30H50O4/c1-19(2)20-11-17-29(7)23(27(20,5)15-14-25(31)32)10-9-21-22(12-16-28(21,29)6)30(8)18-13-24(34-30)26(3,4)33/h20-24,33H,1,9-18H2,2-8H3,(H,31,32)/t20-,21+,22-,23+,24-,27-,28+,29+,30+/m0/s1. The van der Waals surface area contributed by atoms with Crippen molar-refractivity contribution in [2.75, 3.05) is 0 Å². The van der Waals surface area contributed by atoms with E-state index in [-0.39, 0.29) is 34.4 Å². The van der Waals surface area contributed by atoms with E-state index in [1.165, 1.54) is 37.7 Å². The van der Waals surface area contributed by atoms with Crippen LogP contribution >= 0.6 is 0 Å². The highest BCUT2D eigenvalue weighted by molar-refractivity contribution is 5.66. The van der Waals surface area contributed by atoms with Crippen LogP contribution in [0.5, 0.6) is 0 Å². The van der Waals surface area contributed by atoms with Gasteiger partial charge in [0, 0.05) is 6.42 Å². The monoisotopic (exact) mass is 474 g/mol. The Bertz CT molecular complexity index is 828. The van der Waals surface area contributed by atoms with Crippen LogP contribution in [0.2, 0.25) is 0 Å². The highest BCUT2D eigenvalue weighted by atomic mass is 16.5. The Morgan fingerprint density at radius 1 is 0.971 bits per heavy atom. The lowest BCUT2D eigenvalue weighted by atomic mass is 9.38. The van der Waals surface area contributed by atoms with Crippen LogP contribution < -0.4 is 0 Å². The molecule has 4 nitrogen and oxygen atoms in total. The largest absolute Gasteiger partial charge is 0.481 e. The van der Waals surface area contributed by atoms with Crippen LogP contribution in [-0.4, -0.2) is 33.5 Å². The molecule has 3 aliphatic carbocycles. The zero-order valence-corrected chi connectivity index (χ0v) is 22.9. The SMILES string of the molecule is C=C(C)[C@@H]1CC[C@]2(C)[C@H](CC[C@@H]3[C@@H]([C@@]4(C)CC[C@@H](C(C)(C)O)O4)CC[C@]32C)[C@@]1(C)CCC(=O)O. The molecule has 0 bridgehead atoms. The Hall–Kier alpha value is -0.870. The van der Waals surface area contributed by atoms with Crippen molar-refractivity contribution in [1.29, 1.82) is 0 Å². The van der Waals surface area contributed by atoms with E-state index >= 15 is 0 Å². The number of carboxylic acids is 1. The van der Waals surface area contributed by atoms with Gasteiger partial charge < -0.3 is 14.9 Å². The van der Waals surface area contributed by atoms with Gasteiger partial charge in [-0.05, 0) is 125 Å². The first-order chi connectivity index (χ1) is 15.6. The molecule has 0 unspecified atom stereocenters. The Balaban J connectivity index is 1.64. The molecular weight excluding hydrogens is 424 g/mol. The van der Waals surface area contributed by atoms with Gasteiger partial charge in [-0.2, -0.15) is 0 Å². The first-order valence-electron chi connectivity index (χ1n) is 13.9. The summed E-state index contributed by atoms with van der Waals surface area (Å²) in [6.45, 7) is 20.1. The Morgan fingerprint density at radius 2 is 1.62 bits per heavy atom. The van der Waals surface area contributed by atoms with Gasteiger partial charge in [0.15, 0.2) is 0 Å². The molecule has 4 aliphatic rings. The van der Waals surface area contributed by atoms with Gasteiger partial charge in [0.1, 0.15) is 0 Å². The van der Waals surface area contributed by atoms with Gasteiger partial charge in [-0.1, -0.05) is 32.9 Å². The Kier molecular flexibility index (Phi) is 6.42. The van der Waals surface area contributed by atoms with E-state index < -0.39 is 11.6 Å². The van der Waals surface area contributed by atoms with Gasteiger partial charge in [0.2, 0.25) is 0 Å². The van der Waals surface area contributed by atoms with E-state index in [0.717, 1.165) is 25.7 Å². The first kappa shape index (κ1) is 26.2. The molecule has 4 rings (SSSR count). The molecule has 0 radical (unpaired) electrons. The average Bonchev–Trinajstić information content (AvgIpc) is 3.29. The molecule has 1 saturated heterocycles. The van der Waals surface area contributed by atoms with Crippen LogP contribution in [-0.2, 0) is 9.53 Å². The molecule has 1 heterocycles. The summed E-state index contributed by atoms with van der Waals surface area (Å²) in [7, 11) is 0. The predicted molar refractivity (Wildman–Crippen MR) is 136 cm³/mol. The Labute approximate surface area is 207 Å². The predicted octanol–water partition coefficient (Wildman–Crippen LogP) is 7.00. The lowest BCUT2D eigenvalue weighted by Gasteiger charge is -2.66. The molecule has 4 fully saturated rings. The summed E-state index contributed by atoms with van der Waals surface area (Å²) in [6.07, 6.45) is 10.0. The number of hydrogen-bond acceptors (Lipinski definition) is 3. The van der Waals surface area contributed by atoms with E-state index in [9.17, 15) is 15.0 Å². The second-order valence-corrected chi connectivity index (χ2v) is 14.2. The summed E-state index contributed by atoms with van der Waals surface area (Å²) in [6, 6.07) is 0. The van der Waals surface area contributed by atoms with Crippen molar-refractivity contribution >= 4 is 5.97 Å². The number of aliphatic hydroxyl groups is 1. The molecule has 2 N–H and O–H groups in total. The molecule has 4 heteroatoms. The average molecular weight is 475 g/mol. The van der Waals surface area contributed by atoms with Gasteiger partial charge >= 0.3 is 5.97 Å². The maximum absolute atomic E-state index is 11.6. The van der Waals surface area contributed by atoms with Crippen LogP contribution in [0, 0.1) is 39.9 Å². The Morgan fingerprint density at radius 3 is 2.18 bits per heavy atom. The third-order valence-electron chi connectivity index (χ3n) is 12.0. The summed E-state index contributed by atoms with van der Waals surface area (Å²) in [5.74, 6) is 1.42. The summed E-state index contributed by atoms with van der Waals surface area (Å²) in [4.78, 5) is 11.6. The number of carboxylic acid groups (broad SMARTS) is 1. The molecule has 0 spiro atoms. The van der Waals surface area contributed by atoms with Crippen molar-refractivity contribution in [3.05, 3.63) is 12.2 Å². The molecule has 0 aromatic rings. The van der Waals surface area contributed by atoms with E-state index in [2.05, 4.69) is 41.2 Å². The van der Waals surface area contributed by atoms with Gasteiger partial charge in [0.25, 0.3) is 0 Å². The van der Waals surface area contributed by atoms with Crippen LogP contribution in [0.1, 0.15) is 113 Å². The third-order valence-corrected chi connectivity index (χ3v) is 12.0. The molecule has 9 atom stereocenters. The first-order valence-corrected chi connectivity index (χ1v) is 13.9. The summed E-state index contributed by atoms with van der Waals surface area (Å²) in [5.41, 5.74) is 0.714. The third kappa shape index (κ3) is 3.81. The second-order valence-electron chi connectivity index (χ2n) is 14.2. The second kappa shape index (κ2) is 8.33. The maximum Gasteiger partial charge on any atom is 0.303 e. The van der Waals surface area contributed by atoms with Crippen LogP contribution in [0.4, 0.5) is 0 Å². The maximum atomic E-state index is 11.6. The van der Waals surface area contributed by atoms with Crippen molar-refractivity contribution in [1.82, 2.24) is 0 Å². The normalized spacial score (nSPS) is 48.9. The van der Waals surface area contributed by atoms with E-state index in [1.807, 2.05) is 13.8 Å². The zero-order chi connectivity index (χ0) is 25.3. The lowest BCUT2D eigenvalue weighted by molar-refractivity contribution is -0.187. The van der Waals surface area contributed by atoms with Crippen LogP contribution in [0.15, 0.2) is 12.2 Å². The van der Waals surface area contributed by atoms with Crippen LogP contribution in [0.25, 0.3) is 0 Å². The van der Waals surface area contributed by atoms with Crippen molar-refractivity contribution in [3.63, 3.8) is 0 Å². The van der Waals surface area contributed by atoms with Crippen molar-refractivity contribution in [3.8, 4) is 0 Å². The minimum absolute atomic E-state index is 0.0109. The molecule has 194 valence electrons. The van der Waals surface area contributed by atoms with Gasteiger partial charge in [0.05, 0.1) is 17.3 Å². The summed E-state index contributed by atoms with van der Waals surface area (Å²) >= 11 is 0. The molecule has 1 aliphatic heterocycles. The molecule has 0 aromatic heterocycles. The highest BCUT2D eigenvalue weighted by Crippen LogP contribution is 2.74. The number of rotatable bonds is 6. The summed E-state index contributed by atoms with van der Waals surface area (Å²) < 4.78 is 6.69. The minimum Gasteiger partial charge on any atom is -0.481 e. The molecule has 0 aromatic carbocycles. The quantitative estimate of drug-likeness (QED) is 0.407. The zero-order valence-electron chi connectivity index (χ0n) is 22.9. The molecular formula is C30H50O4. The fourth-order valence-electron chi connectivity index (χ4n) is 10.0. The minimum atomic E-state index is -0.795. The number of aliphatic carboxylic acids is 1. The van der Waals surface area contributed by atoms with Crippen molar-refractivity contribution in [2.45, 2.75) is 130 Å². The van der Waals surface area contributed by atoms with E-state index in [4.69, 9.17) is 4.74 Å². The molecule has 0 amide bonds. The number of carbonyl (C=O) groups is 1. The van der Waals surface area contributed by atoms with E-state index in [1.54, 1.807) is 0 Å². The van der Waals surface area contributed by atoms with Crippen molar-refractivity contribution in [2.24, 2.45) is 39.9 Å². The number of ether oxygens (including phenoxy) is 1. The number of fused-ring (bicyclic) bond motifs is 3. The highest BCUT2D eigenvalue weighted by Gasteiger charge is 2.68. The fourth-order valence-corrected chi connectivity index (χ4v) is 10.0.